The second kappa shape index (κ2) is 4.37. The first-order valence-corrected chi connectivity index (χ1v) is 6.05. The number of hydrogen-bond donors (Lipinski definition) is 0. The highest BCUT2D eigenvalue weighted by Crippen LogP contribution is 2.24. The molecule has 1 fully saturated rings. The molecule has 0 unspecified atom stereocenters. The fraction of sp³-hybridized carbons (Fsp3) is 0.333. The minimum absolute atomic E-state index is 0.592. The summed E-state index contributed by atoms with van der Waals surface area (Å²) >= 11 is 5.93. The van der Waals surface area contributed by atoms with Crippen molar-refractivity contribution in [2.24, 2.45) is 0 Å². The molecule has 0 atom stereocenters. The van der Waals surface area contributed by atoms with Crippen LogP contribution in [-0.2, 0) is 0 Å². The van der Waals surface area contributed by atoms with E-state index in [1.165, 1.54) is 12.8 Å². The third-order valence-electron chi connectivity index (χ3n) is 2.87. The van der Waals surface area contributed by atoms with Crippen LogP contribution in [0.5, 0.6) is 0 Å². The Morgan fingerprint density at radius 1 is 1.24 bits per heavy atom. The minimum atomic E-state index is 0.592. The standard InChI is InChI=1S/C12H12ClN3O/c13-10-5-3-4-9(8-10)11-14-12(17-15-11)16-6-1-2-7-16/h3-5,8H,1-2,6-7H2. The van der Waals surface area contributed by atoms with Gasteiger partial charge in [0, 0.05) is 23.7 Å². The first-order chi connectivity index (χ1) is 8.33. The van der Waals surface area contributed by atoms with Crippen molar-refractivity contribution in [2.45, 2.75) is 12.8 Å². The predicted octanol–water partition coefficient (Wildman–Crippen LogP) is 2.99. The molecule has 1 aromatic carbocycles. The van der Waals surface area contributed by atoms with E-state index in [1.54, 1.807) is 0 Å². The van der Waals surface area contributed by atoms with Crippen LogP contribution in [0.25, 0.3) is 11.4 Å². The van der Waals surface area contributed by atoms with Crippen molar-refractivity contribution in [3.05, 3.63) is 29.3 Å². The maximum absolute atomic E-state index is 5.93. The zero-order chi connectivity index (χ0) is 11.7. The van der Waals surface area contributed by atoms with Gasteiger partial charge in [-0.05, 0) is 25.0 Å². The second-order valence-electron chi connectivity index (χ2n) is 4.11. The average Bonchev–Trinajstić information content (AvgIpc) is 3.00. The number of rotatable bonds is 2. The van der Waals surface area contributed by atoms with Crippen molar-refractivity contribution >= 4 is 17.6 Å². The Morgan fingerprint density at radius 2 is 2.06 bits per heavy atom. The van der Waals surface area contributed by atoms with Gasteiger partial charge in [-0.15, -0.1) is 0 Å². The van der Waals surface area contributed by atoms with E-state index >= 15 is 0 Å². The Labute approximate surface area is 104 Å². The SMILES string of the molecule is Clc1cccc(-c2noc(N3CCCC3)n2)c1. The molecule has 0 spiro atoms. The number of hydrogen-bond acceptors (Lipinski definition) is 4. The van der Waals surface area contributed by atoms with Gasteiger partial charge in [-0.2, -0.15) is 4.98 Å². The topological polar surface area (TPSA) is 42.2 Å². The first kappa shape index (κ1) is 10.6. The highest BCUT2D eigenvalue weighted by molar-refractivity contribution is 6.30. The van der Waals surface area contributed by atoms with Crippen molar-refractivity contribution in [3.63, 3.8) is 0 Å². The van der Waals surface area contributed by atoms with Gasteiger partial charge in [-0.3, -0.25) is 0 Å². The summed E-state index contributed by atoms with van der Waals surface area (Å²) < 4.78 is 5.26. The van der Waals surface area contributed by atoms with E-state index in [0.29, 0.717) is 16.9 Å². The largest absolute Gasteiger partial charge is 0.324 e. The van der Waals surface area contributed by atoms with Gasteiger partial charge in [0.25, 0.3) is 0 Å². The van der Waals surface area contributed by atoms with Gasteiger partial charge in [-0.1, -0.05) is 28.9 Å². The fourth-order valence-electron chi connectivity index (χ4n) is 2.00. The molecule has 0 amide bonds. The molecule has 1 aliphatic heterocycles. The molecule has 0 saturated carbocycles. The summed E-state index contributed by atoms with van der Waals surface area (Å²) in [5.74, 6) is 0.592. The molecule has 88 valence electrons. The Morgan fingerprint density at radius 3 is 2.82 bits per heavy atom. The summed E-state index contributed by atoms with van der Waals surface area (Å²) in [5.41, 5.74) is 0.881. The summed E-state index contributed by atoms with van der Waals surface area (Å²) in [4.78, 5) is 6.51. The van der Waals surface area contributed by atoms with Gasteiger partial charge in [0.15, 0.2) is 0 Å². The zero-order valence-electron chi connectivity index (χ0n) is 9.27. The summed E-state index contributed by atoms with van der Waals surface area (Å²) in [6.45, 7) is 1.99. The van der Waals surface area contributed by atoms with Crippen molar-refractivity contribution in [2.75, 3.05) is 18.0 Å². The summed E-state index contributed by atoms with van der Waals surface area (Å²) in [6.07, 6.45) is 2.38. The monoisotopic (exact) mass is 249 g/mol. The van der Waals surface area contributed by atoms with Crippen molar-refractivity contribution < 1.29 is 4.52 Å². The van der Waals surface area contributed by atoms with Gasteiger partial charge in [0.1, 0.15) is 0 Å². The first-order valence-electron chi connectivity index (χ1n) is 5.67. The molecule has 1 aliphatic rings. The second-order valence-corrected chi connectivity index (χ2v) is 4.54. The van der Waals surface area contributed by atoms with Gasteiger partial charge >= 0.3 is 6.01 Å². The van der Waals surface area contributed by atoms with Crippen LogP contribution in [0, 0.1) is 0 Å². The highest BCUT2D eigenvalue weighted by atomic mass is 35.5. The van der Waals surface area contributed by atoms with E-state index in [1.807, 2.05) is 24.3 Å². The fourth-order valence-corrected chi connectivity index (χ4v) is 2.19. The van der Waals surface area contributed by atoms with Crippen LogP contribution < -0.4 is 4.90 Å². The van der Waals surface area contributed by atoms with E-state index in [2.05, 4.69) is 15.0 Å². The van der Waals surface area contributed by atoms with Crippen molar-refractivity contribution in [1.29, 1.82) is 0 Å². The lowest BCUT2D eigenvalue weighted by Gasteiger charge is -2.09. The molecule has 3 rings (SSSR count). The minimum Gasteiger partial charge on any atom is -0.324 e. The lowest BCUT2D eigenvalue weighted by molar-refractivity contribution is 0.419. The average molecular weight is 250 g/mol. The molecule has 1 aromatic heterocycles. The molecule has 0 radical (unpaired) electrons. The lowest BCUT2D eigenvalue weighted by atomic mass is 10.2. The van der Waals surface area contributed by atoms with Gasteiger partial charge in [0.2, 0.25) is 5.82 Å². The number of halogens is 1. The summed E-state index contributed by atoms with van der Waals surface area (Å²) in [7, 11) is 0. The predicted molar refractivity (Wildman–Crippen MR) is 66.2 cm³/mol. The third-order valence-corrected chi connectivity index (χ3v) is 3.11. The molecule has 5 heteroatoms. The Hall–Kier alpha value is -1.55. The van der Waals surface area contributed by atoms with Crippen LogP contribution in [0.15, 0.2) is 28.8 Å². The Kier molecular flexibility index (Phi) is 2.73. The van der Waals surface area contributed by atoms with Crippen LogP contribution in [0.2, 0.25) is 5.02 Å². The normalized spacial score (nSPS) is 15.5. The molecule has 4 nitrogen and oxygen atoms in total. The zero-order valence-corrected chi connectivity index (χ0v) is 10.0. The van der Waals surface area contributed by atoms with Crippen molar-refractivity contribution in [1.82, 2.24) is 10.1 Å². The summed E-state index contributed by atoms with van der Waals surface area (Å²) in [5, 5.41) is 4.66. The maximum atomic E-state index is 5.93. The number of benzene rings is 1. The van der Waals surface area contributed by atoms with Crippen LogP contribution in [-0.4, -0.2) is 23.2 Å². The molecular formula is C12H12ClN3O. The molecule has 17 heavy (non-hydrogen) atoms. The molecule has 0 aliphatic carbocycles. The van der Waals surface area contributed by atoms with Crippen LogP contribution in [0.3, 0.4) is 0 Å². The molecular weight excluding hydrogens is 238 g/mol. The maximum Gasteiger partial charge on any atom is 0.324 e. The number of anilines is 1. The van der Waals surface area contributed by atoms with E-state index < -0.39 is 0 Å². The van der Waals surface area contributed by atoms with E-state index in [9.17, 15) is 0 Å². The lowest BCUT2D eigenvalue weighted by Crippen LogP contribution is -2.17. The van der Waals surface area contributed by atoms with Gasteiger partial charge < -0.3 is 9.42 Å². The van der Waals surface area contributed by atoms with Crippen molar-refractivity contribution in [3.8, 4) is 11.4 Å². The smallest absolute Gasteiger partial charge is 0.324 e. The summed E-state index contributed by atoms with van der Waals surface area (Å²) in [6, 6.07) is 8.07. The van der Waals surface area contributed by atoms with Gasteiger partial charge in [-0.25, -0.2) is 0 Å². The van der Waals surface area contributed by atoms with Crippen LogP contribution in [0.4, 0.5) is 6.01 Å². The molecule has 2 aromatic rings. The van der Waals surface area contributed by atoms with E-state index in [4.69, 9.17) is 16.1 Å². The Balaban J connectivity index is 1.89. The molecule has 1 saturated heterocycles. The van der Waals surface area contributed by atoms with E-state index in [0.717, 1.165) is 18.7 Å². The molecule has 2 heterocycles. The highest BCUT2D eigenvalue weighted by Gasteiger charge is 2.18. The molecule has 0 N–H and O–H groups in total. The van der Waals surface area contributed by atoms with E-state index in [-0.39, 0.29) is 0 Å². The van der Waals surface area contributed by atoms with Crippen LogP contribution >= 0.6 is 11.6 Å². The quantitative estimate of drug-likeness (QED) is 0.821. The third kappa shape index (κ3) is 2.13. The number of nitrogens with zero attached hydrogens (tertiary/aromatic N) is 3. The Bertz CT molecular complexity index is 520. The number of aromatic nitrogens is 2. The van der Waals surface area contributed by atoms with Gasteiger partial charge in [0.05, 0.1) is 0 Å². The van der Waals surface area contributed by atoms with Crippen LogP contribution in [0.1, 0.15) is 12.8 Å². The molecule has 0 bridgehead atoms.